The van der Waals surface area contributed by atoms with Crippen LogP contribution >= 0.6 is 24.0 Å². The summed E-state index contributed by atoms with van der Waals surface area (Å²) in [5.74, 6) is 2.41. The van der Waals surface area contributed by atoms with Gasteiger partial charge in [0.15, 0.2) is 5.96 Å². The van der Waals surface area contributed by atoms with Gasteiger partial charge in [-0.1, -0.05) is 32.1 Å². The number of aliphatic imine (C=N–C) groups is 1. The van der Waals surface area contributed by atoms with Gasteiger partial charge in [0.1, 0.15) is 0 Å². The summed E-state index contributed by atoms with van der Waals surface area (Å²) in [7, 11) is 0. The average molecular weight is 351 g/mol. The number of nitrogens with one attached hydrogen (secondary N) is 1. The molecule has 0 spiro atoms. The molecule has 0 unspecified atom stereocenters. The molecule has 2 aliphatic carbocycles. The van der Waals surface area contributed by atoms with Crippen molar-refractivity contribution in [1.29, 1.82) is 0 Å². The summed E-state index contributed by atoms with van der Waals surface area (Å²) in [5, 5.41) is 3.24. The molecular formula is C13H26IN3. The van der Waals surface area contributed by atoms with Crippen molar-refractivity contribution in [1.82, 2.24) is 5.32 Å². The van der Waals surface area contributed by atoms with Crippen LogP contribution in [0.1, 0.15) is 51.4 Å². The molecule has 3 N–H and O–H groups in total. The fourth-order valence-corrected chi connectivity index (χ4v) is 2.66. The lowest BCUT2D eigenvalue weighted by molar-refractivity contribution is 0.326. The van der Waals surface area contributed by atoms with E-state index in [0.717, 1.165) is 24.9 Å². The zero-order chi connectivity index (χ0) is 11.2. The zero-order valence-electron chi connectivity index (χ0n) is 10.7. The first-order valence-electron chi connectivity index (χ1n) is 6.88. The van der Waals surface area contributed by atoms with E-state index in [0.29, 0.717) is 5.96 Å². The summed E-state index contributed by atoms with van der Waals surface area (Å²) < 4.78 is 0. The molecule has 0 aromatic rings. The van der Waals surface area contributed by atoms with E-state index in [2.05, 4.69) is 10.3 Å². The fraction of sp³-hybridized carbons (Fsp3) is 0.923. The molecule has 17 heavy (non-hydrogen) atoms. The standard InChI is InChI=1S/C13H25N3.HI/c14-13(16-10-12-6-3-7-12)15-9-8-11-4-1-2-5-11;/h11-12H,1-10H2,(H3,14,15,16);1H. The normalized spacial score (nSPS) is 22.0. The highest BCUT2D eigenvalue weighted by Gasteiger charge is 2.16. The molecule has 2 rings (SSSR count). The van der Waals surface area contributed by atoms with E-state index in [4.69, 9.17) is 5.73 Å². The van der Waals surface area contributed by atoms with Gasteiger partial charge < -0.3 is 11.1 Å². The molecule has 0 saturated heterocycles. The Morgan fingerprint density at radius 2 is 1.71 bits per heavy atom. The molecule has 0 atom stereocenters. The van der Waals surface area contributed by atoms with Gasteiger partial charge in [0, 0.05) is 13.1 Å². The van der Waals surface area contributed by atoms with E-state index in [-0.39, 0.29) is 24.0 Å². The second-order valence-corrected chi connectivity index (χ2v) is 5.39. The monoisotopic (exact) mass is 351 g/mol. The number of hydrogen-bond acceptors (Lipinski definition) is 1. The average Bonchev–Trinajstić information content (AvgIpc) is 2.68. The van der Waals surface area contributed by atoms with Crippen molar-refractivity contribution in [2.24, 2.45) is 22.6 Å². The highest BCUT2D eigenvalue weighted by atomic mass is 127. The van der Waals surface area contributed by atoms with Crippen LogP contribution in [0.15, 0.2) is 4.99 Å². The lowest BCUT2D eigenvalue weighted by Gasteiger charge is -2.23. The number of hydrogen-bond donors (Lipinski definition) is 2. The van der Waals surface area contributed by atoms with Gasteiger partial charge in [0.25, 0.3) is 0 Å². The minimum absolute atomic E-state index is 0. The topological polar surface area (TPSA) is 50.4 Å². The quantitative estimate of drug-likeness (QED) is 0.455. The van der Waals surface area contributed by atoms with Crippen LogP contribution in [0.2, 0.25) is 0 Å². The van der Waals surface area contributed by atoms with E-state index in [1.165, 1.54) is 51.4 Å². The Hall–Kier alpha value is 0. The maximum absolute atomic E-state index is 5.82. The Labute approximate surface area is 122 Å². The summed E-state index contributed by atoms with van der Waals surface area (Å²) in [4.78, 5) is 4.39. The summed E-state index contributed by atoms with van der Waals surface area (Å²) in [5.41, 5.74) is 5.82. The van der Waals surface area contributed by atoms with Gasteiger partial charge in [-0.3, -0.25) is 4.99 Å². The van der Waals surface area contributed by atoms with Crippen molar-refractivity contribution in [2.45, 2.75) is 51.4 Å². The molecule has 0 amide bonds. The summed E-state index contributed by atoms with van der Waals surface area (Å²) in [6, 6.07) is 0. The van der Waals surface area contributed by atoms with Gasteiger partial charge in [-0.2, -0.15) is 0 Å². The minimum Gasteiger partial charge on any atom is -0.370 e. The lowest BCUT2D eigenvalue weighted by atomic mass is 9.86. The first-order valence-corrected chi connectivity index (χ1v) is 6.88. The van der Waals surface area contributed by atoms with Crippen LogP contribution in [0, 0.1) is 11.8 Å². The Bertz CT molecular complexity index is 233. The molecule has 0 aromatic carbocycles. The molecule has 4 heteroatoms. The lowest BCUT2D eigenvalue weighted by Crippen LogP contribution is -2.34. The summed E-state index contributed by atoms with van der Waals surface area (Å²) in [6.07, 6.45) is 11.0. The fourth-order valence-electron chi connectivity index (χ4n) is 2.66. The van der Waals surface area contributed by atoms with E-state index in [9.17, 15) is 0 Å². The second kappa shape index (κ2) is 8.16. The largest absolute Gasteiger partial charge is 0.370 e. The zero-order valence-corrected chi connectivity index (χ0v) is 13.0. The third-order valence-electron chi connectivity index (χ3n) is 4.08. The highest BCUT2D eigenvalue weighted by Crippen LogP contribution is 2.27. The Morgan fingerprint density at radius 1 is 1.06 bits per heavy atom. The van der Waals surface area contributed by atoms with Gasteiger partial charge in [-0.15, -0.1) is 24.0 Å². The molecule has 100 valence electrons. The third-order valence-corrected chi connectivity index (χ3v) is 4.08. The Balaban J connectivity index is 0.00000144. The predicted octanol–water partition coefficient (Wildman–Crippen LogP) is 2.89. The number of halogens is 1. The van der Waals surface area contributed by atoms with Crippen LogP contribution in [0.3, 0.4) is 0 Å². The van der Waals surface area contributed by atoms with Crippen LogP contribution in [0.4, 0.5) is 0 Å². The van der Waals surface area contributed by atoms with Crippen LogP contribution in [-0.4, -0.2) is 19.0 Å². The molecule has 0 bridgehead atoms. The predicted molar refractivity (Wildman–Crippen MR) is 83.8 cm³/mol. The van der Waals surface area contributed by atoms with Crippen LogP contribution in [0.25, 0.3) is 0 Å². The summed E-state index contributed by atoms with van der Waals surface area (Å²) >= 11 is 0. The Kier molecular flexibility index (Phi) is 7.23. The number of rotatable bonds is 5. The number of nitrogens with two attached hydrogens (primary N) is 1. The molecule has 2 aliphatic rings. The first kappa shape index (κ1) is 15.1. The van der Waals surface area contributed by atoms with Gasteiger partial charge in [0.2, 0.25) is 0 Å². The van der Waals surface area contributed by atoms with Gasteiger partial charge in [0.05, 0.1) is 0 Å². The molecule has 2 fully saturated rings. The Morgan fingerprint density at radius 3 is 2.29 bits per heavy atom. The van der Waals surface area contributed by atoms with Crippen LogP contribution in [0.5, 0.6) is 0 Å². The van der Waals surface area contributed by atoms with Crippen molar-refractivity contribution >= 4 is 29.9 Å². The maximum atomic E-state index is 5.82. The maximum Gasteiger partial charge on any atom is 0.188 e. The van der Waals surface area contributed by atoms with Gasteiger partial charge in [-0.25, -0.2) is 0 Å². The molecule has 0 aliphatic heterocycles. The second-order valence-electron chi connectivity index (χ2n) is 5.39. The molecule has 0 aromatic heterocycles. The van der Waals surface area contributed by atoms with Crippen LogP contribution < -0.4 is 11.1 Å². The van der Waals surface area contributed by atoms with E-state index >= 15 is 0 Å². The van der Waals surface area contributed by atoms with Crippen LogP contribution in [-0.2, 0) is 0 Å². The van der Waals surface area contributed by atoms with Crippen molar-refractivity contribution < 1.29 is 0 Å². The SMILES string of the molecule is I.NC(=NCC1CCC1)NCCC1CCCC1. The van der Waals surface area contributed by atoms with E-state index < -0.39 is 0 Å². The molecule has 3 nitrogen and oxygen atoms in total. The molecule has 2 saturated carbocycles. The summed E-state index contributed by atoms with van der Waals surface area (Å²) in [6.45, 7) is 1.94. The van der Waals surface area contributed by atoms with E-state index in [1.54, 1.807) is 0 Å². The molecule has 0 radical (unpaired) electrons. The number of guanidine groups is 1. The highest BCUT2D eigenvalue weighted by molar-refractivity contribution is 14.0. The minimum atomic E-state index is 0. The van der Waals surface area contributed by atoms with Crippen molar-refractivity contribution in [3.63, 3.8) is 0 Å². The van der Waals surface area contributed by atoms with E-state index in [1.807, 2.05) is 0 Å². The van der Waals surface area contributed by atoms with Crippen molar-refractivity contribution in [2.75, 3.05) is 13.1 Å². The molecular weight excluding hydrogens is 325 g/mol. The van der Waals surface area contributed by atoms with Gasteiger partial charge >= 0.3 is 0 Å². The van der Waals surface area contributed by atoms with Crippen molar-refractivity contribution in [3.05, 3.63) is 0 Å². The van der Waals surface area contributed by atoms with Gasteiger partial charge in [-0.05, 0) is 31.1 Å². The van der Waals surface area contributed by atoms with Crippen molar-refractivity contribution in [3.8, 4) is 0 Å². The first-order chi connectivity index (χ1) is 7.84. The number of nitrogens with zero attached hydrogens (tertiary/aromatic N) is 1. The third kappa shape index (κ3) is 5.44. The molecule has 0 heterocycles. The smallest absolute Gasteiger partial charge is 0.188 e.